The smallest absolute Gasteiger partial charge is 0.259 e. The van der Waals surface area contributed by atoms with Crippen LogP contribution in [0.1, 0.15) is 22.8 Å². The number of para-hydroxylation sites is 1. The summed E-state index contributed by atoms with van der Waals surface area (Å²) in [6, 6.07) is 15.9. The molecule has 2 amide bonds. The molecule has 0 heterocycles. The Morgan fingerprint density at radius 3 is 2.42 bits per heavy atom. The predicted octanol–water partition coefficient (Wildman–Crippen LogP) is 1.86. The first-order valence-electron chi connectivity index (χ1n) is 7.48. The van der Waals surface area contributed by atoms with Gasteiger partial charge in [-0.25, -0.2) is 5.43 Å². The van der Waals surface area contributed by atoms with E-state index in [1.54, 1.807) is 12.1 Å². The van der Waals surface area contributed by atoms with E-state index in [2.05, 4.69) is 15.8 Å². The number of nitrogens with zero attached hydrogens (tertiary/aromatic N) is 1. The molecule has 0 aliphatic rings. The second-order valence-electron chi connectivity index (χ2n) is 5.24. The van der Waals surface area contributed by atoms with Crippen LogP contribution in [0.3, 0.4) is 0 Å². The number of hydrogen-bond acceptors (Lipinski definition) is 4. The lowest BCUT2D eigenvalue weighted by Crippen LogP contribution is -2.35. The summed E-state index contributed by atoms with van der Waals surface area (Å²) in [4.78, 5) is 23.6. The summed E-state index contributed by atoms with van der Waals surface area (Å²) in [6.45, 7) is 1.59. The van der Waals surface area contributed by atoms with E-state index >= 15 is 0 Å². The topological polar surface area (TPSA) is 90.8 Å². The van der Waals surface area contributed by atoms with Gasteiger partial charge >= 0.3 is 0 Å². The maximum atomic E-state index is 11.9. The summed E-state index contributed by atoms with van der Waals surface area (Å²) in [5, 5.41) is 16.0. The van der Waals surface area contributed by atoms with Crippen LogP contribution in [0.2, 0.25) is 0 Å². The van der Waals surface area contributed by atoms with Crippen molar-refractivity contribution in [2.75, 3.05) is 6.54 Å². The molecule has 0 fully saturated rings. The number of carbonyl (C=O) groups is 2. The monoisotopic (exact) mass is 325 g/mol. The Morgan fingerprint density at radius 1 is 1.04 bits per heavy atom. The molecule has 24 heavy (non-hydrogen) atoms. The van der Waals surface area contributed by atoms with Crippen molar-refractivity contribution >= 4 is 17.5 Å². The Morgan fingerprint density at radius 2 is 1.71 bits per heavy atom. The first-order chi connectivity index (χ1) is 11.6. The van der Waals surface area contributed by atoms with E-state index in [1.165, 1.54) is 12.1 Å². The first kappa shape index (κ1) is 17.2. The van der Waals surface area contributed by atoms with Gasteiger partial charge in [-0.15, -0.1) is 0 Å². The van der Waals surface area contributed by atoms with Crippen LogP contribution in [0.15, 0.2) is 59.7 Å². The van der Waals surface area contributed by atoms with Crippen LogP contribution >= 0.6 is 0 Å². The van der Waals surface area contributed by atoms with Gasteiger partial charge in [-0.2, -0.15) is 5.10 Å². The zero-order valence-corrected chi connectivity index (χ0v) is 13.3. The fourth-order valence-electron chi connectivity index (χ4n) is 2.05. The molecule has 124 valence electrons. The van der Waals surface area contributed by atoms with E-state index in [-0.39, 0.29) is 17.9 Å². The van der Waals surface area contributed by atoms with Gasteiger partial charge < -0.3 is 10.4 Å². The average Bonchev–Trinajstić information content (AvgIpc) is 2.59. The molecule has 2 rings (SSSR count). The van der Waals surface area contributed by atoms with Gasteiger partial charge in [0.05, 0.1) is 12.1 Å². The summed E-state index contributed by atoms with van der Waals surface area (Å²) in [6.07, 6.45) is 0.630. The van der Waals surface area contributed by atoms with Crippen molar-refractivity contribution in [3.63, 3.8) is 0 Å². The van der Waals surface area contributed by atoms with Crippen LogP contribution in [0.5, 0.6) is 5.75 Å². The van der Waals surface area contributed by atoms with Crippen molar-refractivity contribution in [2.24, 2.45) is 5.10 Å². The van der Waals surface area contributed by atoms with Crippen molar-refractivity contribution in [3.05, 3.63) is 65.7 Å². The quantitative estimate of drug-likeness (QED) is 0.559. The van der Waals surface area contributed by atoms with Crippen molar-refractivity contribution in [2.45, 2.75) is 13.3 Å². The molecule has 0 radical (unpaired) electrons. The van der Waals surface area contributed by atoms with Crippen LogP contribution in [-0.2, 0) is 11.2 Å². The van der Waals surface area contributed by atoms with Crippen LogP contribution in [0.25, 0.3) is 0 Å². The number of nitrogens with one attached hydrogen (secondary N) is 2. The van der Waals surface area contributed by atoms with Crippen LogP contribution < -0.4 is 10.7 Å². The lowest BCUT2D eigenvalue weighted by atomic mass is 10.1. The molecule has 0 aromatic heterocycles. The fraction of sp³-hybridized carbons (Fsp3) is 0.167. The van der Waals surface area contributed by atoms with Crippen molar-refractivity contribution < 1.29 is 14.7 Å². The zero-order chi connectivity index (χ0) is 17.4. The fourth-order valence-corrected chi connectivity index (χ4v) is 2.05. The molecule has 3 N–H and O–H groups in total. The van der Waals surface area contributed by atoms with Gasteiger partial charge in [0, 0.05) is 12.1 Å². The SMILES string of the molecule is CC(Cc1ccccc1)=NNC(=O)CNC(=O)c1ccccc1O. The minimum atomic E-state index is -0.520. The number of phenols is 1. The van der Waals surface area contributed by atoms with Gasteiger partial charge in [-0.1, -0.05) is 42.5 Å². The normalized spacial score (nSPS) is 11.0. The molecule has 0 aliphatic carbocycles. The Bertz CT molecular complexity index is 742. The maximum Gasteiger partial charge on any atom is 0.259 e. The van der Waals surface area contributed by atoms with E-state index in [0.717, 1.165) is 11.3 Å². The summed E-state index contributed by atoms with van der Waals surface area (Å²) in [5.74, 6) is -1.09. The molecule has 0 unspecified atom stereocenters. The van der Waals surface area contributed by atoms with E-state index in [0.29, 0.717) is 6.42 Å². The molecular formula is C18H19N3O3. The Hall–Kier alpha value is -3.15. The summed E-state index contributed by atoms with van der Waals surface area (Å²) in [5.41, 5.74) is 4.36. The van der Waals surface area contributed by atoms with Crippen molar-refractivity contribution in [1.29, 1.82) is 0 Å². The highest BCUT2D eigenvalue weighted by atomic mass is 16.3. The van der Waals surface area contributed by atoms with Crippen molar-refractivity contribution in [1.82, 2.24) is 10.7 Å². The van der Waals surface area contributed by atoms with Crippen molar-refractivity contribution in [3.8, 4) is 5.75 Å². The molecule has 2 aromatic carbocycles. The highest BCUT2D eigenvalue weighted by Gasteiger charge is 2.11. The lowest BCUT2D eigenvalue weighted by molar-refractivity contribution is -0.120. The Balaban J connectivity index is 1.80. The molecule has 0 bridgehead atoms. The number of hydrazone groups is 1. The number of phenolic OH excluding ortho intramolecular Hbond substituents is 1. The third-order valence-corrected chi connectivity index (χ3v) is 3.23. The number of hydrogen-bond donors (Lipinski definition) is 3. The van der Waals surface area contributed by atoms with E-state index in [4.69, 9.17) is 0 Å². The van der Waals surface area contributed by atoms with E-state index in [1.807, 2.05) is 37.3 Å². The molecule has 6 heteroatoms. The summed E-state index contributed by atoms with van der Waals surface area (Å²) in [7, 11) is 0. The number of carbonyl (C=O) groups excluding carboxylic acids is 2. The number of amides is 2. The number of aromatic hydroxyl groups is 1. The lowest BCUT2D eigenvalue weighted by Gasteiger charge is -2.06. The Kier molecular flexibility index (Phi) is 6.08. The van der Waals surface area contributed by atoms with Crippen LogP contribution in [-0.4, -0.2) is 29.2 Å². The van der Waals surface area contributed by atoms with E-state index < -0.39 is 11.8 Å². The number of benzene rings is 2. The summed E-state index contributed by atoms with van der Waals surface area (Å²) >= 11 is 0. The van der Waals surface area contributed by atoms with Gasteiger partial charge in [0.25, 0.3) is 11.8 Å². The summed E-state index contributed by atoms with van der Waals surface area (Å²) < 4.78 is 0. The molecule has 0 spiro atoms. The molecule has 0 atom stereocenters. The number of rotatable bonds is 6. The zero-order valence-electron chi connectivity index (χ0n) is 13.3. The van der Waals surface area contributed by atoms with Gasteiger partial charge in [-0.05, 0) is 24.6 Å². The van der Waals surface area contributed by atoms with Crippen LogP contribution in [0, 0.1) is 0 Å². The second-order valence-corrected chi connectivity index (χ2v) is 5.24. The van der Waals surface area contributed by atoms with E-state index in [9.17, 15) is 14.7 Å². The maximum absolute atomic E-state index is 11.9. The minimum absolute atomic E-state index is 0.119. The van der Waals surface area contributed by atoms with Crippen LogP contribution in [0.4, 0.5) is 0 Å². The molecule has 0 saturated heterocycles. The molecular weight excluding hydrogens is 306 g/mol. The molecule has 6 nitrogen and oxygen atoms in total. The predicted molar refractivity (Wildman–Crippen MR) is 91.8 cm³/mol. The van der Waals surface area contributed by atoms with Gasteiger partial charge in [0.2, 0.25) is 0 Å². The first-order valence-corrected chi connectivity index (χ1v) is 7.48. The Labute approximate surface area is 140 Å². The standard InChI is InChI=1S/C18H19N3O3/c1-13(11-14-7-3-2-4-8-14)20-21-17(23)12-19-18(24)15-9-5-6-10-16(15)22/h2-10,22H,11-12H2,1H3,(H,19,24)(H,21,23). The average molecular weight is 325 g/mol. The van der Waals surface area contributed by atoms with Gasteiger partial charge in [-0.3, -0.25) is 9.59 Å². The third-order valence-electron chi connectivity index (χ3n) is 3.23. The van der Waals surface area contributed by atoms with Gasteiger partial charge in [0.15, 0.2) is 0 Å². The van der Waals surface area contributed by atoms with Gasteiger partial charge in [0.1, 0.15) is 5.75 Å². The molecule has 2 aromatic rings. The largest absolute Gasteiger partial charge is 0.507 e. The highest BCUT2D eigenvalue weighted by Crippen LogP contribution is 2.14. The molecule has 0 aliphatic heterocycles. The second kappa shape index (κ2) is 8.47. The minimum Gasteiger partial charge on any atom is -0.507 e. The highest BCUT2D eigenvalue weighted by molar-refractivity contribution is 5.98. The third kappa shape index (κ3) is 5.24. The molecule has 0 saturated carbocycles.